The van der Waals surface area contributed by atoms with Crippen LogP contribution in [0.1, 0.15) is 0 Å². The molecule has 10 heteroatoms. The summed E-state index contributed by atoms with van der Waals surface area (Å²) < 4.78 is 0. The zero-order chi connectivity index (χ0) is 13.6. The molecule has 1 aliphatic heterocycles. The van der Waals surface area contributed by atoms with E-state index in [1.165, 1.54) is 0 Å². The number of carbonyl (C=O) groups is 3. The lowest BCUT2D eigenvalue weighted by Crippen LogP contribution is -2.39. The van der Waals surface area contributed by atoms with Gasteiger partial charge in [-0.3, -0.25) is 9.63 Å². The van der Waals surface area contributed by atoms with Crippen LogP contribution in [0, 0.1) is 0 Å². The summed E-state index contributed by atoms with van der Waals surface area (Å²) >= 11 is 0. The summed E-state index contributed by atoms with van der Waals surface area (Å²) in [5.41, 5.74) is 7.25. The predicted octanol–water partition coefficient (Wildman–Crippen LogP) is -3.75. The van der Waals surface area contributed by atoms with Crippen LogP contribution in [-0.2, 0) is 19.2 Å². The van der Waals surface area contributed by atoms with Crippen molar-refractivity contribution in [2.24, 2.45) is 5.73 Å². The molecule has 1 saturated heterocycles. The van der Waals surface area contributed by atoms with E-state index in [1.54, 1.807) is 0 Å². The van der Waals surface area contributed by atoms with Crippen LogP contribution in [-0.4, -0.2) is 63.1 Å². The molecule has 0 radical (unpaired) electrons. The highest BCUT2D eigenvalue weighted by molar-refractivity contribution is 5.83. The van der Waals surface area contributed by atoms with Crippen LogP contribution in [0.5, 0.6) is 0 Å². The minimum absolute atomic E-state index is 0.236. The summed E-state index contributed by atoms with van der Waals surface area (Å²) in [5, 5.41) is 32.5. The average molecular weight is 252 g/mol. The highest BCUT2D eigenvalue weighted by atomic mass is 16.7. The summed E-state index contributed by atoms with van der Waals surface area (Å²) in [6, 6.07) is -0.458. The molecule has 0 bridgehead atoms. The van der Waals surface area contributed by atoms with Crippen molar-refractivity contribution >= 4 is 17.8 Å². The SMILES string of the molecule is N[C@H]1CONC1=O.O=C(O)[C@H](O)[C@@H](O)C(=O)O. The maximum Gasteiger partial charge on any atom is 0.335 e. The second kappa shape index (κ2) is 6.75. The second-order valence-corrected chi connectivity index (χ2v) is 2.95. The van der Waals surface area contributed by atoms with Gasteiger partial charge >= 0.3 is 11.9 Å². The first kappa shape index (κ1) is 15.2. The Labute approximate surface area is 94.5 Å². The fourth-order valence-electron chi connectivity index (χ4n) is 0.624. The Bertz CT molecular complexity index is 288. The van der Waals surface area contributed by atoms with E-state index in [1.807, 2.05) is 0 Å². The van der Waals surface area contributed by atoms with Crippen molar-refractivity contribution in [2.75, 3.05) is 6.61 Å². The van der Waals surface area contributed by atoms with E-state index >= 15 is 0 Å². The minimum atomic E-state index is -2.27. The molecule has 17 heavy (non-hydrogen) atoms. The Balaban J connectivity index is 0.000000318. The Morgan fingerprint density at radius 3 is 1.82 bits per heavy atom. The van der Waals surface area contributed by atoms with Gasteiger partial charge in [0, 0.05) is 0 Å². The first-order valence-corrected chi connectivity index (χ1v) is 4.26. The van der Waals surface area contributed by atoms with Gasteiger partial charge in [0.15, 0.2) is 12.2 Å². The molecule has 1 fully saturated rings. The minimum Gasteiger partial charge on any atom is -0.479 e. The molecule has 0 aliphatic carbocycles. The van der Waals surface area contributed by atoms with E-state index in [4.69, 9.17) is 26.2 Å². The largest absolute Gasteiger partial charge is 0.479 e. The molecule has 0 aromatic carbocycles. The first-order valence-electron chi connectivity index (χ1n) is 4.26. The third kappa shape index (κ3) is 5.21. The molecule has 1 aliphatic rings. The van der Waals surface area contributed by atoms with E-state index in [0.29, 0.717) is 6.61 Å². The van der Waals surface area contributed by atoms with Crippen LogP contribution in [0.25, 0.3) is 0 Å². The Morgan fingerprint density at radius 1 is 1.29 bits per heavy atom. The summed E-state index contributed by atoms with van der Waals surface area (Å²) in [6.07, 6.45) is -4.53. The topological polar surface area (TPSA) is 179 Å². The number of nitrogens with one attached hydrogen (secondary N) is 1. The average Bonchev–Trinajstić information content (AvgIpc) is 2.61. The van der Waals surface area contributed by atoms with Gasteiger partial charge < -0.3 is 26.2 Å². The van der Waals surface area contributed by atoms with Crippen LogP contribution >= 0.6 is 0 Å². The monoisotopic (exact) mass is 252 g/mol. The number of aliphatic hydroxyl groups excluding tert-OH is 2. The fourth-order valence-corrected chi connectivity index (χ4v) is 0.624. The molecule has 0 saturated carbocycles. The van der Waals surface area contributed by atoms with E-state index in [2.05, 4.69) is 10.3 Å². The van der Waals surface area contributed by atoms with Gasteiger partial charge in [0.05, 0.1) is 6.61 Å². The van der Waals surface area contributed by atoms with Crippen molar-refractivity contribution < 1.29 is 39.6 Å². The first-order chi connectivity index (χ1) is 7.77. The second-order valence-electron chi connectivity index (χ2n) is 2.95. The lowest BCUT2D eigenvalue weighted by atomic mass is 10.2. The van der Waals surface area contributed by atoms with Gasteiger partial charge in [-0.1, -0.05) is 0 Å². The lowest BCUT2D eigenvalue weighted by Gasteiger charge is -2.07. The molecule has 1 rings (SSSR count). The number of hydrogen-bond donors (Lipinski definition) is 6. The van der Waals surface area contributed by atoms with Crippen LogP contribution < -0.4 is 11.2 Å². The highest BCUT2D eigenvalue weighted by Gasteiger charge is 2.29. The molecule has 0 aromatic heterocycles. The molecule has 1 amide bonds. The lowest BCUT2D eigenvalue weighted by molar-refractivity contribution is -0.165. The number of carboxylic acid groups (broad SMARTS) is 2. The van der Waals surface area contributed by atoms with Gasteiger partial charge in [0.1, 0.15) is 6.04 Å². The van der Waals surface area contributed by atoms with Crippen molar-refractivity contribution in [2.45, 2.75) is 18.2 Å². The van der Waals surface area contributed by atoms with Crippen LogP contribution in [0.3, 0.4) is 0 Å². The number of carbonyl (C=O) groups excluding carboxylic acids is 1. The van der Waals surface area contributed by atoms with Gasteiger partial charge in [0.2, 0.25) is 0 Å². The molecule has 10 nitrogen and oxygen atoms in total. The molecule has 3 atom stereocenters. The van der Waals surface area contributed by atoms with Crippen LogP contribution in [0.4, 0.5) is 0 Å². The number of carboxylic acids is 2. The number of rotatable bonds is 3. The molecule has 1 heterocycles. The summed E-state index contributed by atoms with van der Waals surface area (Å²) in [7, 11) is 0. The third-order valence-electron chi connectivity index (χ3n) is 1.58. The molecular formula is C7H12N2O8. The fraction of sp³-hybridized carbons (Fsp3) is 0.571. The quantitative estimate of drug-likeness (QED) is 0.294. The van der Waals surface area contributed by atoms with Gasteiger partial charge in [-0.25, -0.2) is 15.1 Å². The van der Waals surface area contributed by atoms with Crippen molar-refractivity contribution in [3.63, 3.8) is 0 Å². The predicted molar refractivity (Wildman–Crippen MR) is 49.4 cm³/mol. The van der Waals surface area contributed by atoms with Crippen LogP contribution in [0.2, 0.25) is 0 Å². The van der Waals surface area contributed by atoms with Gasteiger partial charge in [-0.2, -0.15) is 0 Å². The van der Waals surface area contributed by atoms with E-state index in [0.717, 1.165) is 0 Å². The number of amides is 1. The normalized spacial score (nSPS) is 21.8. The number of hydroxylamine groups is 1. The van der Waals surface area contributed by atoms with E-state index < -0.39 is 30.2 Å². The Kier molecular flexibility index (Phi) is 6.06. The zero-order valence-corrected chi connectivity index (χ0v) is 8.44. The molecule has 7 N–H and O–H groups in total. The van der Waals surface area contributed by atoms with Gasteiger partial charge in [-0.15, -0.1) is 0 Å². The number of nitrogens with two attached hydrogens (primary N) is 1. The molecule has 0 spiro atoms. The van der Waals surface area contributed by atoms with Gasteiger partial charge in [-0.05, 0) is 0 Å². The van der Waals surface area contributed by atoms with Gasteiger partial charge in [0.25, 0.3) is 5.91 Å². The summed E-state index contributed by atoms with van der Waals surface area (Å²) in [5.74, 6) is -3.77. The molecule has 0 aromatic rings. The van der Waals surface area contributed by atoms with E-state index in [9.17, 15) is 14.4 Å². The maximum atomic E-state index is 10.2. The van der Waals surface area contributed by atoms with Crippen molar-refractivity contribution in [1.29, 1.82) is 0 Å². The highest BCUT2D eigenvalue weighted by Crippen LogP contribution is 1.92. The number of aliphatic hydroxyl groups is 2. The summed E-state index contributed by atoms with van der Waals surface area (Å²) in [6.45, 7) is 0.291. The van der Waals surface area contributed by atoms with Crippen molar-refractivity contribution in [1.82, 2.24) is 5.48 Å². The van der Waals surface area contributed by atoms with Crippen LogP contribution in [0.15, 0.2) is 0 Å². The smallest absolute Gasteiger partial charge is 0.335 e. The molecule has 98 valence electrons. The Hall–Kier alpha value is -1.75. The standard InChI is InChI=1S/C4H6O6.C3H6N2O2/c5-1(3(7)8)2(6)4(9)10;4-2-1-7-5-3(2)6/h1-2,5-6H,(H,7,8)(H,9,10);2H,1,4H2,(H,5,6)/t1-,2-;2-/m10/s1. The summed E-state index contributed by atoms with van der Waals surface area (Å²) in [4.78, 5) is 34.2. The van der Waals surface area contributed by atoms with Crippen molar-refractivity contribution in [3.05, 3.63) is 0 Å². The van der Waals surface area contributed by atoms with Crippen molar-refractivity contribution in [3.8, 4) is 0 Å². The zero-order valence-electron chi connectivity index (χ0n) is 8.44. The maximum absolute atomic E-state index is 10.2. The Morgan fingerprint density at radius 2 is 1.71 bits per heavy atom. The number of aliphatic carboxylic acids is 2. The molecule has 0 unspecified atom stereocenters. The molecular weight excluding hydrogens is 240 g/mol. The third-order valence-corrected chi connectivity index (χ3v) is 1.58. The van der Waals surface area contributed by atoms with E-state index in [-0.39, 0.29) is 5.91 Å². The number of hydrogen-bond acceptors (Lipinski definition) is 7.